The van der Waals surface area contributed by atoms with Gasteiger partial charge < -0.3 is 22.5 Å². The predicted octanol–water partition coefficient (Wildman–Crippen LogP) is -3.87. The van der Waals surface area contributed by atoms with E-state index in [1.54, 1.807) is 12.1 Å². The van der Waals surface area contributed by atoms with E-state index in [1.807, 2.05) is 12.1 Å². The molecule has 0 aliphatic carbocycles. The number of nitrogens with one attached hydrogen (secondary N) is 5. The zero-order chi connectivity index (χ0) is 32.6. The van der Waals surface area contributed by atoms with Crippen LogP contribution < -0.4 is 47.1 Å². The number of nitrogens with two attached hydrogens (primary N) is 3. The van der Waals surface area contributed by atoms with E-state index < -0.39 is 72.6 Å². The number of guanidine groups is 1. The molecule has 17 heteroatoms. The Bertz CT molecular complexity index is 1210. The van der Waals surface area contributed by atoms with Crippen molar-refractivity contribution in [3.63, 3.8) is 0 Å². The Morgan fingerprint density at radius 3 is 2.00 bits per heavy atom. The molecule has 0 unspecified atom stereocenters. The summed E-state index contributed by atoms with van der Waals surface area (Å²) >= 11 is 1.46. The van der Waals surface area contributed by atoms with Crippen molar-refractivity contribution in [2.75, 3.05) is 19.6 Å². The SMILES string of the molecule is NCCCC[C@@H]1NC(=O)[C@@H](Cc2ccc([211At])cc2)NC(=O)[C@H](CC(=O)O)NC(=O)CNC(=O)[C@H](CCCN=C(N)N)NC1=O. The number of rotatable bonds is 12. The van der Waals surface area contributed by atoms with E-state index in [2.05, 4.69) is 31.6 Å². The van der Waals surface area contributed by atoms with Gasteiger partial charge in [-0.15, -0.1) is 0 Å². The van der Waals surface area contributed by atoms with E-state index in [-0.39, 0.29) is 31.8 Å². The molecule has 0 radical (unpaired) electrons. The average Bonchev–Trinajstić information content (AvgIpc) is 2.96. The van der Waals surface area contributed by atoms with Crippen molar-refractivity contribution < 1.29 is 58.6 Å². The van der Waals surface area contributed by atoms with E-state index in [1.165, 1.54) is 24.7 Å². The molecule has 0 aromatic heterocycles. The Kier molecular flexibility index (Phi) is 15.5. The van der Waals surface area contributed by atoms with Crippen LogP contribution in [0.5, 0.6) is 0 Å². The number of aliphatic carboxylic acids is 1. The first-order valence-electron chi connectivity index (χ1n) is 14.1. The summed E-state index contributed by atoms with van der Waals surface area (Å²) in [6.45, 7) is -0.0730. The molecule has 1 aliphatic rings. The van der Waals surface area contributed by atoms with E-state index >= 15 is 0 Å². The van der Waals surface area contributed by atoms with Crippen molar-refractivity contribution in [1.82, 2.24) is 26.6 Å². The van der Waals surface area contributed by atoms with Gasteiger partial charge in [0.05, 0.1) is 0 Å². The van der Waals surface area contributed by atoms with Crippen molar-refractivity contribution >= 4 is 44.7 Å². The molecule has 2 rings (SSSR count). The molecule has 1 heterocycles. The molecule has 0 spiro atoms. The maximum atomic E-state index is 13.6. The molecule has 12 N–H and O–H groups in total. The number of benzene rings is 1. The standard InChI is InChI=1S/C27H40AtN9O7/c28-16-8-6-15(7-9-16)12-19-25(43)36-18(4-1-2-10-29)24(42)35-17(5-3-11-32-27(30)31)23(41)33-14-21(38)34-20(13-22(39)40)26(44)37-19/h6-9,17-20H,1-5,10-14,29H2,(H,33,41)(H,34,38)(H,35,42)(H,36,43)(H,37,44)(H,39,40)(H4,30,31,32)/t17-,18-,19+,20-/m0/s1/i28+1. The van der Waals surface area contributed by atoms with Crippen LogP contribution in [0.3, 0.4) is 0 Å². The molecule has 4 atom stereocenters. The van der Waals surface area contributed by atoms with Crippen LogP contribution >= 0.6 is 0 Å². The fourth-order valence-electron chi connectivity index (χ4n) is 4.34. The van der Waals surface area contributed by atoms with Gasteiger partial charge in [0.2, 0.25) is 5.91 Å². The molecule has 1 aliphatic heterocycles. The van der Waals surface area contributed by atoms with E-state index in [0.717, 1.165) is 3.27 Å². The molecule has 1 aromatic carbocycles. The molecule has 1 saturated heterocycles. The normalized spacial score (nSPS) is 21.8. The quantitative estimate of drug-likeness (QED) is 0.0563. The molecule has 0 bridgehead atoms. The van der Waals surface area contributed by atoms with Crippen LogP contribution in [-0.2, 0) is 35.2 Å². The van der Waals surface area contributed by atoms with Gasteiger partial charge in [0, 0.05) is 6.54 Å². The van der Waals surface area contributed by atoms with Crippen molar-refractivity contribution in [3.05, 3.63) is 29.8 Å². The second-order valence-electron chi connectivity index (χ2n) is 10.2. The van der Waals surface area contributed by atoms with Gasteiger partial charge in [-0.05, 0) is 19.4 Å². The number of aliphatic imine (C=N–C) groups is 1. The van der Waals surface area contributed by atoms with Crippen LogP contribution in [0.1, 0.15) is 44.1 Å². The molecule has 44 heavy (non-hydrogen) atoms. The van der Waals surface area contributed by atoms with Gasteiger partial charge in [-0.25, -0.2) is 0 Å². The predicted molar refractivity (Wildman–Crippen MR) is 156 cm³/mol. The van der Waals surface area contributed by atoms with Crippen LogP contribution in [0.25, 0.3) is 0 Å². The summed E-state index contributed by atoms with van der Waals surface area (Å²) in [7, 11) is 0. The van der Waals surface area contributed by atoms with Gasteiger partial charge in [-0.3, -0.25) is 9.79 Å². The Morgan fingerprint density at radius 2 is 1.39 bits per heavy atom. The van der Waals surface area contributed by atoms with E-state index in [4.69, 9.17) is 17.2 Å². The summed E-state index contributed by atoms with van der Waals surface area (Å²) in [5.41, 5.74) is 17.0. The Labute approximate surface area is 269 Å². The summed E-state index contributed by atoms with van der Waals surface area (Å²) in [4.78, 5) is 81.4. The number of carboxylic acid groups (broad SMARTS) is 1. The number of carbonyl (C=O) groups excluding carboxylic acids is 5. The number of carboxylic acids is 1. The average molecular weight is 814 g/mol. The molecule has 16 nitrogen and oxygen atoms in total. The van der Waals surface area contributed by atoms with Crippen LogP contribution in [0.4, 0.5) is 0 Å². The van der Waals surface area contributed by atoms with Gasteiger partial charge in [0.15, 0.2) is 5.96 Å². The van der Waals surface area contributed by atoms with Crippen LogP contribution in [0, 0.1) is 24.7 Å². The second-order valence-corrected chi connectivity index (χ2v) is 11.9. The molecule has 5 amide bonds. The van der Waals surface area contributed by atoms with E-state index in [9.17, 15) is 33.9 Å². The van der Waals surface area contributed by atoms with Gasteiger partial charge in [-0.2, -0.15) is 0 Å². The fraction of sp³-hybridized carbons (Fsp3) is 0.519. The van der Waals surface area contributed by atoms with Crippen molar-refractivity contribution in [2.45, 2.75) is 69.1 Å². The number of unbranched alkanes of at least 4 members (excludes halogenated alkanes) is 1. The van der Waals surface area contributed by atoms with Crippen LogP contribution in [-0.4, -0.2) is 90.4 Å². The number of hydrogen-bond acceptors (Lipinski definition) is 8. The van der Waals surface area contributed by atoms with Crippen molar-refractivity contribution in [3.8, 4) is 0 Å². The zero-order valence-electron chi connectivity index (χ0n) is 24.1. The van der Waals surface area contributed by atoms with Crippen LogP contribution in [0.2, 0.25) is 0 Å². The Balaban J connectivity index is 2.45. The molecule has 1 fully saturated rings. The Morgan fingerprint density at radius 1 is 0.818 bits per heavy atom. The van der Waals surface area contributed by atoms with Gasteiger partial charge in [0.25, 0.3) is 0 Å². The topological polar surface area (TPSA) is 273 Å². The van der Waals surface area contributed by atoms with Crippen LogP contribution in [0.15, 0.2) is 29.3 Å². The summed E-state index contributed by atoms with van der Waals surface area (Å²) in [5.74, 6) is -5.34. The molecule has 0 saturated carbocycles. The minimum absolute atomic E-state index is 0.0163. The first-order chi connectivity index (χ1) is 20.9. The third kappa shape index (κ3) is 13.2. The summed E-state index contributed by atoms with van der Waals surface area (Å²) in [6.07, 6.45) is 0.864. The summed E-state index contributed by atoms with van der Waals surface area (Å²) in [5, 5.41) is 22.0. The number of carbonyl (C=O) groups is 6. The van der Waals surface area contributed by atoms with Gasteiger partial charge >= 0.3 is 201 Å². The Hall–Kier alpha value is -3.85. The van der Waals surface area contributed by atoms with Gasteiger partial charge in [0.1, 0.15) is 0 Å². The first kappa shape index (κ1) is 36.3. The fourth-order valence-corrected chi connectivity index (χ4v) is 4.83. The summed E-state index contributed by atoms with van der Waals surface area (Å²) < 4.78 is 1.03. The third-order valence-electron chi connectivity index (χ3n) is 6.60. The maximum absolute atomic E-state index is 13.6. The van der Waals surface area contributed by atoms with Crippen molar-refractivity contribution in [2.24, 2.45) is 22.2 Å². The molecular formula is C27H40AtN9O7. The second kappa shape index (κ2) is 18.7. The zero-order valence-corrected chi connectivity index (χ0v) is 27.1. The third-order valence-corrected chi connectivity index (χ3v) is 7.58. The summed E-state index contributed by atoms with van der Waals surface area (Å²) in [6, 6.07) is 2.29. The number of hydrogen-bond donors (Lipinski definition) is 9. The van der Waals surface area contributed by atoms with E-state index in [0.29, 0.717) is 31.4 Å². The molecular weight excluding hydrogens is 773 g/mol. The van der Waals surface area contributed by atoms with Crippen molar-refractivity contribution in [1.29, 1.82) is 0 Å². The number of nitrogens with zero attached hydrogens (tertiary/aromatic N) is 1. The molecule has 242 valence electrons. The van der Waals surface area contributed by atoms with Gasteiger partial charge in [-0.1, -0.05) is 0 Å². The first-order valence-corrected chi connectivity index (χ1v) is 15.6. The minimum atomic E-state index is -1.55. The molecule has 1 aromatic rings. The number of amides is 5. The monoisotopic (exact) mass is 813 g/mol.